The maximum atomic E-state index is 6.44. The first-order chi connectivity index (χ1) is 12.8. The molecule has 4 aromatic rings. The smallest absolute Gasteiger partial charge is 0.0743 e. The molecule has 0 fully saturated rings. The summed E-state index contributed by atoms with van der Waals surface area (Å²) in [6.45, 7) is 0. The molecule has 26 heavy (non-hydrogen) atoms. The molecule has 0 N–H and O–H groups in total. The van der Waals surface area contributed by atoms with Gasteiger partial charge in [-0.3, -0.25) is 9.97 Å². The molecule has 2 nitrogen and oxygen atoms in total. The van der Waals surface area contributed by atoms with Crippen molar-refractivity contribution in [3.63, 3.8) is 0 Å². The molecule has 0 unspecified atom stereocenters. The third-order valence-corrected chi connectivity index (χ3v) is 5.43. The van der Waals surface area contributed by atoms with E-state index in [1.807, 2.05) is 30.6 Å². The van der Waals surface area contributed by atoms with Gasteiger partial charge in [-0.1, -0.05) is 54.1 Å². The summed E-state index contributed by atoms with van der Waals surface area (Å²) < 4.78 is 0. The quantitative estimate of drug-likeness (QED) is 0.418. The highest BCUT2D eigenvalue weighted by Gasteiger charge is 2.46. The summed E-state index contributed by atoms with van der Waals surface area (Å²) in [5.74, 6) is 0. The Morgan fingerprint density at radius 3 is 1.96 bits per heavy atom. The lowest BCUT2D eigenvalue weighted by molar-refractivity contribution is 0.757. The molecule has 0 aliphatic heterocycles. The first-order valence-electron chi connectivity index (χ1n) is 8.53. The zero-order valence-corrected chi connectivity index (χ0v) is 14.7. The van der Waals surface area contributed by atoms with Crippen molar-refractivity contribution < 1.29 is 0 Å². The second-order valence-electron chi connectivity index (χ2n) is 6.47. The van der Waals surface area contributed by atoms with Crippen LogP contribution in [0.3, 0.4) is 0 Å². The molecular formula is C23H15ClN2. The Hall–Kier alpha value is -2.97. The van der Waals surface area contributed by atoms with Gasteiger partial charge in [-0.15, -0.1) is 0 Å². The second-order valence-corrected chi connectivity index (χ2v) is 6.91. The van der Waals surface area contributed by atoms with Crippen molar-refractivity contribution in [3.8, 4) is 11.1 Å². The first kappa shape index (κ1) is 15.3. The van der Waals surface area contributed by atoms with Crippen LogP contribution >= 0.6 is 11.6 Å². The van der Waals surface area contributed by atoms with Gasteiger partial charge in [0, 0.05) is 29.8 Å². The van der Waals surface area contributed by atoms with Crippen LogP contribution in [0, 0.1) is 0 Å². The van der Waals surface area contributed by atoms with Crippen LogP contribution in [-0.2, 0) is 5.41 Å². The first-order valence-corrected chi connectivity index (χ1v) is 8.90. The highest BCUT2D eigenvalue weighted by atomic mass is 35.5. The SMILES string of the molecule is Clc1ccc2c(c1)C(c1cccnc1)(c1cccnc1)c1ccccc1-2. The molecule has 2 aromatic carbocycles. The molecule has 124 valence electrons. The topological polar surface area (TPSA) is 25.8 Å². The Bertz CT molecular complexity index is 1050. The Morgan fingerprint density at radius 1 is 0.654 bits per heavy atom. The predicted molar refractivity (Wildman–Crippen MR) is 104 cm³/mol. The normalized spacial score (nSPS) is 13.9. The summed E-state index contributed by atoms with van der Waals surface area (Å²) in [6.07, 6.45) is 7.50. The molecule has 1 aliphatic carbocycles. The van der Waals surface area contributed by atoms with Gasteiger partial charge >= 0.3 is 0 Å². The Labute approximate surface area is 157 Å². The molecule has 2 aromatic heterocycles. The van der Waals surface area contributed by atoms with Crippen molar-refractivity contribution in [1.82, 2.24) is 9.97 Å². The predicted octanol–water partition coefficient (Wildman–Crippen LogP) is 5.49. The number of aromatic nitrogens is 2. The fourth-order valence-electron chi connectivity index (χ4n) is 4.21. The molecule has 0 bridgehead atoms. The van der Waals surface area contributed by atoms with Crippen LogP contribution in [0.25, 0.3) is 11.1 Å². The number of nitrogens with zero attached hydrogens (tertiary/aromatic N) is 2. The number of halogens is 1. The zero-order chi connectivity index (χ0) is 17.6. The minimum absolute atomic E-state index is 0.473. The van der Waals surface area contributed by atoms with E-state index in [1.54, 1.807) is 12.4 Å². The summed E-state index contributed by atoms with van der Waals surface area (Å²) in [4.78, 5) is 8.83. The van der Waals surface area contributed by atoms with Crippen molar-refractivity contribution in [2.75, 3.05) is 0 Å². The van der Waals surface area contributed by atoms with Gasteiger partial charge in [0.2, 0.25) is 0 Å². The van der Waals surface area contributed by atoms with Crippen LogP contribution in [0.15, 0.2) is 91.5 Å². The van der Waals surface area contributed by atoms with Gasteiger partial charge in [-0.25, -0.2) is 0 Å². The molecular weight excluding hydrogens is 340 g/mol. The standard InChI is InChI=1S/C23H15ClN2/c24-18-9-10-20-19-7-1-2-8-21(19)23(22(20)13-18,16-5-3-11-25-14-16)17-6-4-12-26-15-17/h1-15H. The number of fused-ring (bicyclic) bond motifs is 3. The zero-order valence-electron chi connectivity index (χ0n) is 13.9. The van der Waals surface area contributed by atoms with Gasteiger partial charge < -0.3 is 0 Å². The van der Waals surface area contributed by atoms with Crippen molar-refractivity contribution in [1.29, 1.82) is 0 Å². The average Bonchev–Trinajstić information content (AvgIpc) is 3.00. The minimum atomic E-state index is -0.473. The number of benzene rings is 2. The third kappa shape index (κ3) is 2.00. The van der Waals surface area contributed by atoms with E-state index in [2.05, 4.69) is 58.5 Å². The number of pyridine rings is 2. The minimum Gasteiger partial charge on any atom is -0.264 e. The average molecular weight is 355 g/mol. The Kier molecular flexibility index (Phi) is 3.41. The summed E-state index contributed by atoms with van der Waals surface area (Å²) >= 11 is 6.44. The molecule has 0 amide bonds. The van der Waals surface area contributed by atoms with Crippen LogP contribution in [-0.4, -0.2) is 9.97 Å². The summed E-state index contributed by atoms with van der Waals surface area (Å²) in [5.41, 5.74) is 6.59. The van der Waals surface area contributed by atoms with E-state index in [1.165, 1.54) is 22.3 Å². The van der Waals surface area contributed by atoms with Crippen LogP contribution in [0.1, 0.15) is 22.3 Å². The molecule has 2 heterocycles. The van der Waals surface area contributed by atoms with Crippen LogP contribution in [0.2, 0.25) is 5.02 Å². The van der Waals surface area contributed by atoms with Gasteiger partial charge in [0.1, 0.15) is 0 Å². The fraction of sp³-hybridized carbons (Fsp3) is 0.0435. The van der Waals surface area contributed by atoms with E-state index < -0.39 is 5.41 Å². The third-order valence-electron chi connectivity index (χ3n) is 5.20. The molecule has 0 atom stereocenters. The summed E-state index contributed by atoms with van der Waals surface area (Å²) in [6, 6.07) is 22.9. The number of rotatable bonds is 2. The summed E-state index contributed by atoms with van der Waals surface area (Å²) in [5, 5.41) is 0.730. The molecule has 0 saturated carbocycles. The van der Waals surface area contributed by atoms with Crippen LogP contribution in [0.4, 0.5) is 0 Å². The van der Waals surface area contributed by atoms with E-state index in [-0.39, 0.29) is 0 Å². The lowest BCUT2D eigenvalue weighted by Gasteiger charge is -2.33. The maximum Gasteiger partial charge on any atom is 0.0743 e. The van der Waals surface area contributed by atoms with E-state index in [9.17, 15) is 0 Å². The van der Waals surface area contributed by atoms with Gasteiger partial charge in [-0.2, -0.15) is 0 Å². The van der Waals surface area contributed by atoms with E-state index in [0.29, 0.717) is 0 Å². The van der Waals surface area contributed by atoms with Crippen molar-refractivity contribution in [3.05, 3.63) is 119 Å². The highest BCUT2D eigenvalue weighted by molar-refractivity contribution is 6.30. The van der Waals surface area contributed by atoms with E-state index in [0.717, 1.165) is 16.1 Å². The molecule has 0 saturated heterocycles. The molecule has 1 aliphatic rings. The Balaban J connectivity index is 1.99. The van der Waals surface area contributed by atoms with Gasteiger partial charge in [0.15, 0.2) is 0 Å². The summed E-state index contributed by atoms with van der Waals surface area (Å²) in [7, 11) is 0. The highest BCUT2D eigenvalue weighted by Crippen LogP contribution is 2.56. The molecule has 0 radical (unpaired) electrons. The van der Waals surface area contributed by atoms with E-state index in [4.69, 9.17) is 11.6 Å². The fourth-order valence-corrected chi connectivity index (χ4v) is 4.38. The Morgan fingerprint density at radius 2 is 1.31 bits per heavy atom. The van der Waals surface area contributed by atoms with Crippen molar-refractivity contribution in [2.45, 2.75) is 5.41 Å². The lowest BCUT2D eigenvalue weighted by Crippen LogP contribution is -2.28. The van der Waals surface area contributed by atoms with Crippen molar-refractivity contribution >= 4 is 11.6 Å². The van der Waals surface area contributed by atoms with Crippen LogP contribution in [0.5, 0.6) is 0 Å². The van der Waals surface area contributed by atoms with Crippen molar-refractivity contribution in [2.24, 2.45) is 0 Å². The molecule has 5 rings (SSSR count). The largest absolute Gasteiger partial charge is 0.264 e. The molecule has 0 spiro atoms. The van der Waals surface area contributed by atoms with Gasteiger partial charge in [0.25, 0.3) is 0 Å². The second kappa shape index (κ2) is 5.79. The van der Waals surface area contributed by atoms with Gasteiger partial charge in [0.05, 0.1) is 5.41 Å². The van der Waals surface area contributed by atoms with Gasteiger partial charge in [-0.05, 0) is 57.6 Å². The monoisotopic (exact) mass is 354 g/mol. The maximum absolute atomic E-state index is 6.44. The number of hydrogen-bond acceptors (Lipinski definition) is 2. The van der Waals surface area contributed by atoms with E-state index >= 15 is 0 Å². The number of hydrogen-bond donors (Lipinski definition) is 0. The lowest BCUT2D eigenvalue weighted by atomic mass is 9.68. The van der Waals surface area contributed by atoms with Crippen LogP contribution < -0.4 is 0 Å². The molecule has 3 heteroatoms.